The molecular weight excluding hydrogens is 188 g/mol. The van der Waals surface area contributed by atoms with Crippen LogP contribution < -0.4 is 4.74 Å². The molecule has 2 rings (SSSR count). The molecule has 1 fully saturated rings. The van der Waals surface area contributed by atoms with Crippen molar-refractivity contribution in [2.24, 2.45) is 0 Å². The van der Waals surface area contributed by atoms with E-state index in [1.54, 1.807) is 6.07 Å². The van der Waals surface area contributed by atoms with Gasteiger partial charge in [-0.15, -0.1) is 0 Å². The van der Waals surface area contributed by atoms with Gasteiger partial charge in [0.2, 0.25) is 0 Å². The predicted molar refractivity (Wildman–Crippen MR) is 60.3 cm³/mol. The van der Waals surface area contributed by atoms with Gasteiger partial charge in [0.05, 0.1) is 6.10 Å². The van der Waals surface area contributed by atoms with E-state index in [2.05, 4.69) is 0 Å². The molecule has 2 nitrogen and oxygen atoms in total. The zero-order chi connectivity index (χ0) is 10.7. The number of hydrogen-bond acceptors (Lipinski definition) is 2. The Labute approximate surface area is 90.9 Å². The summed E-state index contributed by atoms with van der Waals surface area (Å²) in [5.74, 6) is 1.12. The lowest BCUT2D eigenvalue weighted by Crippen LogP contribution is -2.19. The molecule has 0 amide bonds. The molecule has 0 saturated heterocycles. The summed E-state index contributed by atoms with van der Waals surface area (Å²) in [6.07, 6.45) is 6.51. The number of aromatic hydroxyl groups is 1. The third-order valence-corrected chi connectivity index (χ3v) is 3.04. The molecule has 15 heavy (non-hydrogen) atoms. The first-order valence-corrected chi connectivity index (χ1v) is 5.72. The summed E-state index contributed by atoms with van der Waals surface area (Å²) in [5, 5.41) is 9.55. The van der Waals surface area contributed by atoms with Crippen LogP contribution in [0.15, 0.2) is 18.2 Å². The Bertz CT molecular complexity index is 327. The van der Waals surface area contributed by atoms with Crippen molar-refractivity contribution in [3.05, 3.63) is 23.8 Å². The topological polar surface area (TPSA) is 29.5 Å². The van der Waals surface area contributed by atoms with E-state index in [4.69, 9.17) is 4.74 Å². The second kappa shape index (κ2) is 4.56. The molecule has 1 aromatic carbocycles. The van der Waals surface area contributed by atoms with E-state index >= 15 is 0 Å². The summed E-state index contributed by atoms with van der Waals surface area (Å²) in [6.45, 7) is 1.89. The van der Waals surface area contributed by atoms with E-state index in [0.29, 0.717) is 11.9 Å². The fraction of sp³-hybridized carbons (Fsp3) is 0.538. The second-order valence-corrected chi connectivity index (χ2v) is 4.33. The van der Waals surface area contributed by atoms with Crippen molar-refractivity contribution in [1.82, 2.24) is 0 Å². The summed E-state index contributed by atoms with van der Waals surface area (Å²) >= 11 is 0. The van der Waals surface area contributed by atoms with Crippen molar-refractivity contribution >= 4 is 0 Å². The molecule has 2 heteroatoms. The molecule has 1 saturated carbocycles. The number of aryl methyl sites for hydroxylation is 1. The lowest BCUT2D eigenvalue weighted by molar-refractivity contribution is 0.154. The van der Waals surface area contributed by atoms with Crippen LogP contribution in [-0.4, -0.2) is 11.2 Å². The number of phenolic OH excluding ortho intramolecular Hbond substituents is 1. The highest BCUT2D eigenvalue weighted by Gasteiger charge is 2.14. The molecule has 0 unspecified atom stereocenters. The summed E-state index contributed by atoms with van der Waals surface area (Å²) in [7, 11) is 0. The molecule has 0 bridgehead atoms. The van der Waals surface area contributed by atoms with Gasteiger partial charge >= 0.3 is 0 Å². The molecule has 0 radical (unpaired) electrons. The van der Waals surface area contributed by atoms with E-state index in [1.165, 1.54) is 19.3 Å². The molecule has 1 N–H and O–H groups in total. The van der Waals surface area contributed by atoms with Crippen molar-refractivity contribution in [3.63, 3.8) is 0 Å². The van der Waals surface area contributed by atoms with E-state index in [-0.39, 0.29) is 0 Å². The molecule has 1 aromatic rings. The van der Waals surface area contributed by atoms with Crippen LogP contribution >= 0.6 is 0 Å². The number of benzene rings is 1. The number of hydrogen-bond donors (Lipinski definition) is 1. The quantitative estimate of drug-likeness (QED) is 0.803. The van der Waals surface area contributed by atoms with Gasteiger partial charge in [-0.2, -0.15) is 0 Å². The Balaban J connectivity index is 2.00. The minimum Gasteiger partial charge on any atom is -0.508 e. The highest BCUT2D eigenvalue weighted by atomic mass is 16.5. The zero-order valence-electron chi connectivity index (χ0n) is 9.20. The first-order chi connectivity index (χ1) is 7.25. The standard InChI is InChI=1S/C13H18O2/c1-10-7-8-12(9-13(10)14)15-11-5-3-2-4-6-11/h7-9,11,14H,2-6H2,1H3. The Hall–Kier alpha value is -1.18. The van der Waals surface area contributed by atoms with Crippen molar-refractivity contribution in [2.75, 3.05) is 0 Å². The SMILES string of the molecule is Cc1ccc(OC2CCCCC2)cc1O. The lowest BCUT2D eigenvalue weighted by Gasteiger charge is -2.23. The Morgan fingerprint density at radius 1 is 1.20 bits per heavy atom. The monoisotopic (exact) mass is 206 g/mol. The van der Waals surface area contributed by atoms with Crippen molar-refractivity contribution < 1.29 is 9.84 Å². The Morgan fingerprint density at radius 2 is 1.93 bits per heavy atom. The number of ether oxygens (including phenoxy) is 1. The van der Waals surface area contributed by atoms with Gasteiger partial charge in [-0.3, -0.25) is 0 Å². The molecule has 0 spiro atoms. The van der Waals surface area contributed by atoms with Gasteiger partial charge in [-0.05, 0) is 44.2 Å². The van der Waals surface area contributed by atoms with E-state index in [0.717, 1.165) is 24.2 Å². The van der Waals surface area contributed by atoms with Gasteiger partial charge in [0, 0.05) is 6.07 Å². The highest BCUT2D eigenvalue weighted by molar-refractivity contribution is 5.38. The largest absolute Gasteiger partial charge is 0.508 e. The predicted octanol–water partition coefficient (Wildman–Crippen LogP) is 3.41. The molecule has 0 aromatic heterocycles. The zero-order valence-corrected chi connectivity index (χ0v) is 9.20. The normalized spacial score (nSPS) is 17.7. The first-order valence-electron chi connectivity index (χ1n) is 5.72. The van der Waals surface area contributed by atoms with E-state index in [1.807, 2.05) is 19.1 Å². The van der Waals surface area contributed by atoms with Gasteiger partial charge in [0.15, 0.2) is 0 Å². The van der Waals surface area contributed by atoms with Crippen molar-refractivity contribution in [1.29, 1.82) is 0 Å². The highest BCUT2D eigenvalue weighted by Crippen LogP contribution is 2.27. The second-order valence-electron chi connectivity index (χ2n) is 4.33. The van der Waals surface area contributed by atoms with Gasteiger partial charge in [-0.25, -0.2) is 0 Å². The third-order valence-electron chi connectivity index (χ3n) is 3.04. The average molecular weight is 206 g/mol. The van der Waals surface area contributed by atoms with Crippen LogP contribution in [0, 0.1) is 6.92 Å². The van der Waals surface area contributed by atoms with E-state index < -0.39 is 0 Å². The molecular formula is C13H18O2. The number of phenols is 1. The van der Waals surface area contributed by atoms with Crippen molar-refractivity contribution in [2.45, 2.75) is 45.1 Å². The maximum absolute atomic E-state index is 9.55. The molecule has 0 aliphatic heterocycles. The average Bonchev–Trinajstić information content (AvgIpc) is 2.25. The fourth-order valence-electron chi connectivity index (χ4n) is 2.04. The molecule has 82 valence electrons. The summed E-state index contributed by atoms with van der Waals surface area (Å²) < 4.78 is 5.83. The van der Waals surface area contributed by atoms with Gasteiger partial charge in [0.25, 0.3) is 0 Å². The van der Waals surface area contributed by atoms with Crippen LogP contribution in [0.4, 0.5) is 0 Å². The molecule has 0 heterocycles. The van der Waals surface area contributed by atoms with Gasteiger partial charge < -0.3 is 9.84 Å². The molecule has 1 aliphatic rings. The summed E-state index contributed by atoms with van der Waals surface area (Å²) in [4.78, 5) is 0. The first kappa shape index (κ1) is 10.3. The summed E-state index contributed by atoms with van der Waals surface area (Å²) in [5.41, 5.74) is 0.894. The minimum absolute atomic E-state index is 0.323. The van der Waals surface area contributed by atoms with Gasteiger partial charge in [-0.1, -0.05) is 12.5 Å². The van der Waals surface area contributed by atoms with Crippen LogP contribution in [0.1, 0.15) is 37.7 Å². The van der Waals surface area contributed by atoms with E-state index in [9.17, 15) is 5.11 Å². The Morgan fingerprint density at radius 3 is 2.60 bits per heavy atom. The maximum atomic E-state index is 9.55. The van der Waals surface area contributed by atoms with Crippen LogP contribution in [0.3, 0.4) is 0 Å². The lowest BCUT2D eigenvalue weighted by atomic mass is 9.98. The van der Waals surface area contributed by atoms with Crippen LogP contribution in [0.25, 0.3) is 0 Å². The van der Waals surface area contributed by atoms with Crippen LogP contribution in [-0.2, 0) is 0 Å². The minimum atomic E-state index is 0.323. The smallest absolute Gasteiger partial charge is 0.123 e. The molecule has 1 aliphatic carbocycles. The van der Waals surface area contributed by atoms with Crippen LogP contribution in [0.2, 0.25) is 0 Å². The third kappa shape index (κ3) is 2.65. The van der Waals surface area contributed by atoms with Gasteiger partial charge in [0.1, 0.15) is 11.5 Å². The fourth-order valence-corrected chi connectivity index (χ4v) is 2.04. The summed E-state index contributed by atoms with van der Waals surface area (Å²) in [6, 6.07) is 5.54. The van der Waals surface area contributed by atoms with Crippen LogP contribution in [0.5, 0.6) is 11.5 Å². The number of rotatable bonds is 2. The Kier molecular flexibility index (Phi) is 3.14. The van der Waals surface area contributed by atoms with Crippen molar-refractivity contribution in [3.8, 4) is 11.5 Å². The molecule has 0 atom stereocenters. The maximum Gasteiger partial charge on any atom is 0.123 e.